The summed E-state index contributed by atoms with van der Waals surface area (Å²) in [5, 5.41) is 4.01. The molecule has 2 aromatic carbocycles. The van der Waals surface area contributed by atoms with Gasteiger partial charge in [-0.05, 0) is 35.2 Å². The van der Waals surface area contributed by atoms with Crippen LogP contribution in [0.15, 0.2) is 42.5 Å². The van der Waals surface area contributed by atoms with Gasteiger partial charge in [0.25, 0.3) is 5.91 Å². The van der Waals surface area contributed by atoms with Gasteiger partial charge in [-0.25, -0.2) is 0 Å². The number of ether oxygens (including phenoxy) is 3. The normalized spacial score (nSPS) is 10.5. The van der Waals surface area contributed by atoms with E-state index in [1.54, 1.807) is 21.3 Å². The maximum absolute atomic E-state index is 12.4. The van der Waals surface area contributed by atoms with Gasteiger partial charge < -0.3 is 19.5 Å². The average molecular weight is 357 g/mol. The van der Waals surface area contributed by atoms with Gasteiger partial charge in [0.15, 0.2) is 11.5 Å². The molecule has 0 aliphatic heterocycles. The van der Waals surface area contributed by atoms with Crippen LogP contribution in [0.25, 0.3) is 10.1 Å². The average Bonchev–Trinajstić information content (AvgIpc) is 3.09. The highest BCUT2D eigenvalue weighted by molar-refractivity contribution is 7.20. The van der Waals surface area contributed by atoms with Gasteiger partial charge in [0.1, 0.15) is 0 Å². The molecule has 3 aromatic rings. The number of hydrogen-bond acceptors (Lipinski definition) is 5. The lowest BCUT2D eigenvalue weighted by molar-refractivity contribution is 0.0955. The molecule has 6 heteroatoms. The lowest BCUT2D eigenvalue weighted by atomic mass is 10.1. The zero-order valence-electron chi connectivity index (χ0n) is 14.3. The number of nitrogens with one attached hydrogen (secondary N) is 1. The molecule has 0 bridgehead atoms. The topological polar surface area (TPSA) is 56.8 Å². The monoisotopic (exact) mass is 357 g/mol. The highest BCUT2D eigenvalue weighted by atomic mass is 32.1. The Morgan fingerprint density at radius 2 is 1.68 bits per heavy atom. The molecule has 0 atom stereocenters. The predicted octanol–water partition coefficient (Wildman–Crippen LogP) is 3.86. The molecule has 1 aromatic heterocycles. The van der Waals surface area contributed by atoms with E-state index in [9.17, 15) is 4.79 Å². The Kier molecular flexibility index (Phi) is 5.09. The molecule has 0 spiro atoms. The minimum atomic E-state index is -0.102. The number of rotatable bonds is 6. The molecule has 5 nitrogen and oxygen atoms in total. The van der Waals surface area contributed by atoms with Crippen molar-refractivity contribution in [1.29, 1.82) is 0 Å². The number of carbonyl (C=O) groups excluding carboxylic acids is 1. The largest absolute Gasteiger partial charge is 0.493 e. The minimum Gasteiger partial charge on any atom is -0.493 e. The number of fused-ring (bicyclic) bond motifs is 1. The first kappa shape index (κ1) is 17.1. The number of thiophene rings is 1. The Morgan fingerprint density at radius 1 is 1.00 bits per heavy atom. The number of amides is 1. The van der Waals surface area contributed by atoms with E-state index in [2.05, 4.69) is 5.32 Å². The molecule has 0 saturated carbocycles. The first-order chi connectivity index (χ1) is 12.2. The van der Waals surface area contributed by atoms with E-state index in [-0.39, 0.29) is 5.91 Å². The van der Waals surface area contributed by atoms with Gasteiger partial charge in [0, 0.05) is 11.2 Å². The van der Waals surface area contributed by atoms with Crippen LogP contribution in [0.5, 0.6) is 17.2 Å². The van der Waals surface area contributed by atoms with Crippen LogP contribution in [0.4, 0.5) is 0 Å². The summed E-state index contributed by atoms with van der Waals surface area (Å²) in [5.41, 5.74) is 0.865. The summed E-state index contributed by atoms with van der Waals surface area (Å²) in [6.45, 7) is 0.365. The molecular weight excluding hydrogens is 338 g/mol. The smallest absolute Gasteiger partial charge is 0.261 e. The predicted molar refractivity (Wildman–Crippen MR) is 99.1 cm³/mol. The van der Waals surface area contributed by atoms with Crippen molar-refractivity contribution in [3.8, 4) is 17.2 Å². The number of hydrogen-bond donors (Lipinski definition) is 1. The Hall–Kier alpha value is -2.73. The second-order valence-corrected chi connectivity index (χ2v) is 6.45. The van der Waals surface area contributed by atoms with Crippen molar-refractivity contribution in [3.05, 3.63) is 52.9 Å². The van der Waals surface area contributed by atoms with Gasteiger partial charge >= 0.3 is 0 Å². The number of methoxy groups -OCH3 is 3. The number of benzene rings is 2. The summed E-state index contributed by atoms with van der Waals surface area (Å²) < 4.78 is 17.1. The standard InChI is InChI=1S/C19H19NO4S/c1-22-14-8-12(9-15(23-2)18(14)24-3)11-20-19(21)17-10-13-6-4-5-7-16(13)25-17/h4-10H,11H2,1-3H3,(H,20,21). The lowest BCUT2D eigenvalue weighted by Gasteiger charge is -2.14. The summed E-state index contributed by atoms with van der Waals surface area (Å²) in [6.07, 6.45) is 0. The zero-order chi connectivity index (χ0) is 17.8. The minimum absolute atomic E-state index is 0.102. The SMILES string of the molecule is COc1cc(CNC(=O)c2cc3ccccc3s2)cc(OC)c1OC. The first-order valence-electron chi connectivity index (χ1n) is 7.72. The van der Waals surface area contributed by atoms with E-state index in [0.717, 1.165) is 15.6 Å². The van der Waals surface area contributed by atoms with Crippen LogP contribution in [0, 0.1) is 0 Å². The summed E-state index contributed by atoms with van der Waals surface area (Å²) in [4.78, 5) is 13.1. The van der Waals surface area contributed by atoms with Crippen LogP contribution < -0.4 is 19.5 Å². The maximum atomic E-state index is 12.4. The van der Waals surface area contributed by atoms with Crippen LogP contribution >= 0.6 is 11.3 Å². The summed E-state index contributed by atoms with van der Waals surface area (Å²) in [7, 11) is 4.69. The van der Waals surface area contributed by atoms with E-state index in [0.29, 0.717) is 28.7 Å². The first-order valence-corrected chi connectivity index (χ1v) is 8.53. The van der Waals surface area contributed by atoms with Crippen LogP contribution in [0.1, 0.15) is 15.2 Å². The lowest BCUT2D eigenvalue weighted by Crippen LogP contribution is -2.21. The summed E-state index contributed by atoms with van der Waals surface area (Å²) in [6, 6.07) is 13.5. The molecule has 0 aliphatic carbocycles. The Morgan fingerprint density at radius 3 is 2.28 bits per heavy atom. The fourth-order valence-corrected chi connectivity index (χ4v) is 3.58. The van der Waals surface area contributed by atoms with Gasteiger partial charge in [0.2, 0.25) is 5.75 Å². The molecule has 0 unspecified atom stereocenters. The molecule has 1 N–H and O–H groups in total. The van der Waals surface area contributed by atoms with Crippen LogP contribution in [-0.2, 0) is 6.54 Å². The van der Waals surface area contributed by atoms with Crippen molar-refractivity contribution in [3.63, 3.8) is 0 Å². The second kappa shape index (κ2) is 7.44. The molecule has 0 aliphatic rings. The highest BCUT2D eigenvalue weighted by Crippen LogP contribution is 2.38. The quantitative estimate of drug-likeness (QED) is 0.728. The summed E-state index contributed by atoms with van der Waals surface area (Å²) >= 11 is 1.48. The van der Waals surface area contributed by atoms with E-state index >= 15 is 0 Å². The van der Waals surface area contributed by atoms with E-state index < -0.39 is 0 Å². The molecule has 1 amide bonds. The maximum Gasteiger partial charge on any atom is 0.261 e. The van der Waals surface area contributed by atoms with Crippen LogP contribution in [-0.4, -0.2) is 27.2 Å². The molecule has 0 fully saturated rings. The van der Waals surface area contributed by atoms with E-state index in [4.69, 9.17) is 14.2 Å². The van der Waals surface area contributed by atoms with Crippen LogP contribution in [0.2, 0.25) is 0 Å². The molecule has 130 valence electrons. The molecule has 25 heavy (non-hydrogen) atoms. The van der Waals surface area contributed by atoms with E-state index in [1.807, 2.05) is 42.5 Å². The van der Waals surface area contributed by atoms with Crippen molar-refractivity contribution in [2.24, 2.45) is 0 Å². The third-order valence-electron chi connectivity index (χ3n) is 3.83. The fraction of sp³-hybridized carbons (Fsp3) is 0.211. The third-order valence-corrected chi connectivity index (χ3v) is 4.94. The Labute approximate surface area is 150 Å². The van der Waals surface area contributed by atoms with Crippen molar-refractivity contribution in [2.45, 2.75) is 6.54 Å². The van der Waals surface area contributed by atoms with Gasteiger partial charge in [-0.15, -0.1) is 11.3 Å². The molecule has 0 radical (unpaired) electrons. The Balaban J connectivity index is 1.77. The van der Waals surface area contributed by atoms with E-state index in [1.165, 1.54) is 11.3 Å². The fourth-order valence-electron chi connectivity index (χ4n) is 2.60. The molecule has 3 rings (SSSR count). The van der Waals surface area contributed by atoms with Crippen molar-refractivity contribution >= 4 is 27.3 Å². The molecule has 0 saturated heterocycles. The highest BCUT2D eigenvalue weighted by Gasteiger charge is 2.14. The van der Waals surface area contributed by atoms with Gasteiger partial charge in [-0.1, -0.05) is 18.2 Å². The van der Waals surface area contributed by atoms with Gasteiger partial charge in [-0.3, -0.25) is 4.79 Å². The van der Waals surface area contributed by atoms with Crippen molar-refractivity contribution in [1.82, 2.24) is 5.32 Å². The second-order valence-electron chi connectivity index (χ2n) is 5.36. The Bertz CT molecular complexity index is 845. The zero-order valence-corrected chi connectivity index (χ0v) is 15.1. The molecular formula is C19H19NO4S. The van der Waals surface area contributed by atoms with Gasteiger partial charge in [0.05, 0.1) is 26.2 Å². The van der Waals surface area contributed by atoms with Crippen molar-refractivity contribution in [2.75, 3.05) is 21.3 Å². The molecule has 1 heterocycles. The third kappa shape index (κ3) is 3.53. The summed E-state index contributed by atoms with van der Waals surface area (Å²) in [5.74, 6) is 1.56. The van der Waals surface area contributed by atoms with Crippen molar-refractivity contribution < 1.29 is 19.0 Å². The van der Waals surface area contributed by atoms with Crippen LogP contribution in [0.3, 0.4) is 0 Å². The number of carbonyl (C=O) groups is 1. The van der Waals surface area contributed by atoms with Gasteiger partial charge in [-0.2, -0.15) is 0 Å².